The Morgan fingerprint density at radius 3 is 2.45 bits per heavy atom. The van der Waals surface area contributed by atoms with Crippen LogP contribution >= 0.6 is 0 Å². The van der Waals surface area contributed by atoms with Crippen molar-refractivity contribution in [3.05, 3.63) is 0 Å². The van der Waals surface area contributed by atoms with Gasteiger partial charge in [0, 0.05) is 6.21 Å². The standard InChI is InChI=1S/C7H14N4/c1-6(2)5-8-11-10-7(3,4)9-6/h5,9H,1-4H3. The van der Waals surface area contributed by atoms with E-state index in [4.69, 9.17) is 0 Å². The lowest BCUT2D eigenvalue weighted by atomic mass is 10.1. The highest BCUT2D eigenvalue weighted by molar-refractivity contribution is 5.68. The molecule has 62 valence electrons. The third-order valence-electron chi connectivity index (χ3n) is 1.35. The fourth-order valence-corrected chi connectivity index (χ4v) is 1.15. The largest absolute Gasteiger partial charge is 0.282 e. The molecule has 4 heteroatoms. The van der Waals surface area contributed by atoms with Gasteiger partial charge >= 0.3 is 0 Å². The second-order valence-corrected chi connectivity index (χ2v) is 3.84. The SMILES string of the molecule is CC1(C)C=NN=NC(C)(C)N1. The quantitative estimate of drug-likeness (QED) is 0.565. The van der Waals surface area contributed by atoms with Crippen LogP contribution in [0.2, 0.25) is 0 Å². The summed E-state index contributed by atoms with van der Waals surface area (Å²) in [5.41, 5.74) is -0.451. The highest BCUT2D eigenvalue weighted by Crippen LogP contribution is 2.14. The van der Waals surface area contributed by atoms with Crippen molar-refractivity contribution in [2.45, 2.75) is 38.9 Å². The molecule has 0 atom stereocenters. The fraction of sp³-hybridized carbons (Fsp3) is 0.857. The van der Waals surface area contributed by atoms with Crippen LogP contribution in [-0.4, -0.2) is 17.4 Å². The third-order valence-corrected chi connectivity index (χ3v) is 1.35. The van der Waals surface area contributed by atoms with Gasteiger partial charge in [0.25, 0.3) is 0 Å². The average Bonchev–Trinajstić information content (AvgIpc) is 1.86. The normalized spacial score (nSPS) is 26.5. The van der Waals surface area contributed by atoms with Gasteiger partial charge in [0.15, 0.2) is 0 Å². The van der Waals surface area contributed by atoms with Crippen LogP contribution in [0.4, 0.5) is 0 Å². The highest BCUT2D eigenvalue weighted by atomic mass is 15.4. The first-order valence-corrected chi connectivity index (χ1v) is 3.67. The van der Waals surface area contributed by atoms with Crippen LogP contribution in [0.25, 0.3) is 0 Å². The topological polar surface area (TPSA) is 49.1 Å². The Kier molecular flexibility index (Phi) is 1.80. The van der Waals surface area contributed by atoms with Crippen molar-refractivity contribution in [2.24, 2.45) is 15.4 Å². The number of nitrogens with one attached hydrogen (secondary N) is 1. The maximum absolute atomic E-state index is 3.97. The molecule has 1 N–H and O–H groups in total. The Bertz CT molecular complexity index is 180. The summed E-state index contributed by atoms with van der Waals surface area (Å²) in [6, 6.07) is 0. The Morgan fingerprint density at radius 2 is 1.82 bits per heavy atom. The molecule has 0 amide bonds. The van der Waals surface area contributed by atoms with Crippen LogP contribution in [0.5, 0.6) is 0 Å². The minimum atomic E-state index is -0.319. The van der Waals surface area contributed by atoms with Crippen molar-refractivity contribution in [3.63, 3.8) is 0 Å². The van der Waals surface area contributed by atoms with Gasteiger partial charge in [-0.15, -0.1) is 10.2 Å². The predicted molar refractivity (Wildman–Crippen MR) is 44.6 cm³/mol. The molecular weight excluding hydrogens is 140 g/mol. The summed E-state index contributed by atoms with van der Waals surface area (Å²) >= 11 is 0. The smallest absolute Gasteiger partial charge is 0.128 e. The van der Waals surface area contributed by atoms with E-state index >= 15 is 0 Å². The van der Waals surface area contributed by atoms with Crippen LogP contribution in [-0.2, 0) is 0 Å². The summed E-state index contributed by atoms with van der Waals surface area (Å²) in [6.07, 6.45) is 1.76. The second kappa shape index (κ2) is 2.37. The van der Waals surface area contributed by atoms with Crippen molar-refractivity contribution in [1.29, 1.82) is 0 Å². The van der Waals surface area contributed by atoms with Gasteiger partial charge in [-0.25, -0.2) is 0 Å². The summed E-state index contributed by atoms with van der Waals surface area (Å²) in [5.74, 6) is 0. The maximum atomic E-state index is 3.97. The van der Waals surface area contributed by atoms with Crippen molar-refractivity contribution >= 4 is 6.21 Å². The Labute approximate surface area is 66.8 Å². The average molecular weight is 154 g/mol. The van der Waals surface area contributed by atoms with Gasteiger partial charge in [0.2, 0.25) is 0 Å². The molecule has 0 aromatic carbocycles. The molecule has 0 unspecified atom stereocenters. The first-order chi connectivity index (χ1) is 4.91. The van der Waals surface area contributed by atoms with E-state index in [0.29, 0.717) is 0 Å². The zero-order chi connectivity index (χ0) is 8.54. The molecule has 0 fully saturated rings. The van der Waals surface area contributed by atoms with Crippen LogP contribution < -0.4 is 5.32 Å². The molecule has 0 aromatic rings. The summed E-state index contributed by atoms with van der Waals surface area (Å²) in [7, 11) is 0. The number of rotatable bonds is 0. The van der Waals surface area contributed by atoms with E-state index in [1.54, 1.807) is 6.21 Å². The zero-order valence-electron chi connectivity index (χ0n) is 7.42. The first kappa shape index (κ1) is 8.33. The molecule has 0 saturated heterocycles. The van der Waals surface area contributed by atoms with Crippen molar-refractivity contribution in [1.82, 2.24) is 5.32 Å². The van der Waals surface area contributed by atoms with Gasteiger partial charge in [0.1, 0.15) is 5.66 Å². The summed E-state index contributed by atoms with van der Waals surface area (Å²) in [4.78, 5) is 0. The van der Waals surface area contributed by atoms with Gasteiger partial charge in [-0.2, -0.15) is 0 Å². The van der Waals surface area contributed by atoms with E-state index in [2.05, 4.69) is 20.8 Å². The molecule has 1 rings (SSSR count). The van der Waals surface area contributed by atoms with Crippen LogP contribution in [0.1, 0.15) is 27.7 Å². The third kappa shape index (κ3) is 2.38. The maximum Gasteiger partial charge on any atom is 0.128 e. The lowest BCUT2D eigenvalue weighted by Gasteiger charge is -2.28. The first-order valence-electron chi connectivity index (χ1n) is 3.67. The lowest BCUT2D eigenvalue weighted by Crippen LogP contribution is -2.51. The van der Waals surface area contributed by atoms with Gasteiger partial charge in [-0.05, 0) is 32.9 Å². The van der Waals surface area contributed by atoms with Crippen molar-refractivity contribution in [2.75, 3.05) is 0 Å². The molecule has 0 spiro atoms. The minimum absolute atomic E-state index is 0.132. The molecule has 4 nitrogen and oxygen atoms in total. The predicted octanol–water partition coefficient (Wildman–Crippen LogP) is 1.54. The highest BCUT2D eigenvalue weighted by Gasteiger charge is 2.27. The number of hydrogen-bond acceptors (Lipinski definition) is 4. The van der Waals surface area contributed by atoms with E-state index in [0.717, 1.165) is 0 Å². The Hall–Kier alpha value is -0.770. The molecule has 0 saturated carbocycles. The van der Waals surface area contributed by atoms with Gasteiger partial charge in [-0.1, -0.05) is 0 Å². The number of hydrogen-bond donors (Lipinski definition) is 1. The summed E-state index contributed by atoms with van der Waals surface area (Å²) in [5, 5.41) is 14.7. The molecule has 0 bridgehead atoms. The van der Waals surface area contributed by atoms with E-state index in [1.807, 2.05) is 27.7 Å². The van der Waals surface area contributed by atoms with E-state index in [1.165, 1.54) is 0 Å². The number of nitrogens with zero attached hydrogens (tertiary/aromatic N) is 3. The van der Waals surface area contributed by atoms with Crippen LogP contribution in [0.3, 0.4) is 0 Å². The monoisotopic (exact) mass is 154 g/mol. The molecule has 0 radical (unpaired) electrons. The Balaban J connectivity index is 2.83. The minimum Gasteiger partial charge on any atom is -0.282 e. The second-order valence-electron chi connectivity index (χ2n) is 3.84. The van der Waals surface area contributed by atoms with Gasteiger partial charge < -0.3 is 0 Å². The zero-order valence-corrected chi connectivity index (χ0v) is 7.42. The van der Waals surface area contributed by atoms with Crippen molar-refractivity contribution < 1.29 is 0 Å². The molecule has 11 heavy (non-hydrogen) atoms. The molecule has 1 heterocycles. The molecule has 0 aliphatic carbocycles. The lowest BCUT2D eigenvalue weighted by molar-refractivity contribution is 0.329. The van der Waals surface area contributed by atoms with Gasteiger partial charge in [-0.3, -0.25) is 5.32 Å². The molecule has 0 aromatic heterocycles. The van der Waals surface area contributed by atoms with Crippen molar-refractivity contribution in [3.8, 4) is 0 Å². The Morgan fingerprint density at radius 1 is 1.18 bits per heavy atom. The fourth-order valence-electron chi connectivity index (χ4n) is 1.15. The van der Waals surface area contributed by atoms with Gasteiger partial charge in [0.05, 0.1) is 5.54 Å². The van der Waals surface area contributed by atoms with E-state index in [-0.39, 0.29) is 11.2 Å². The summed E-state index contributed by atoms with van der Waals surface area (Å²) < 4.78 is 0. The molecule has 1 aliphatic heterocycles. The van der Waals surface area contributed by atoms with Crippen LogP contribution in [0.15, 0.2) is 15.4 Å². The van der Waals surface area contributed by atoms with E-state index in [9.17, 15) is 0 Å². The molecule has 1 aliphatic rings. The van der Waals surface area contributed by atoms with Crippen LogP contribution in [0, 0.1) is 0 Å². The van der Waals surface area contributed by atoms with E-state index < -0.39 is 0 Å². The molecular formula is C7H14N4. The summed E-state index contributed by atoms with van der Waals surface area (Å²) in [6.45, 7) is 8.00.